The van der Waals surface area contributed by atoms with E-state index in [2.05, 4.69) is 30.3 Å². The number of para-hydroxylation sites is 1. The van der Waals surface area contributed by atoms with Crippen LogP contribution in [0, 0.1) is 0 Å². The van der Waals surface area contributed by atoms with Crippen LogP contribution in [-0.2, 0) is 11.2 Å². The fourth-order valence-electron chi connectivity index (χ4n) is 4.63. The van der Waals surface area contributed by atoms with Gasteiger partial charge in [0.15, 0.2) is 0 Å². The number of aromatic nitrogens is 4. The molecular weight excluding hydrogens is 456 g/mol. The summed E-state index contributed by atoms with van der Waals surface area (Å²) in [5.74, 6) is 2.90. The molecule has 0 saturated carbocycles. The lowest BCUT2D eigenvalue weighted by molar-refractivity contribution is -0.122. The second-order valence-electron chi connectivity index (χ2n) is 8.91. The van der Waals surface area contributed by atoms with E-state index in [0.717, 1.165) is 66.7 Å². The number of unbranched alkanes of at least 4 members (excludes halogenated alkanes) is 2. The number of nitrogens with one attached hydrogen (secondary N) is 1. The van der Waals surface area contributed by atoms with Gasteiger partial charge in [-0.15, -0.1) is 0 Å². The van der Waals surface area contributed by atoms with E-state index in [-0.39, 0.29) is 11.9 Å². The van der Waals surface area contributed by atoms with Crippen molar-refractivity contribution in [2.45, 2.75) is 44.6 Å². The first-order valence-corrected chi connectivity index (χ1v) is 12.4. The van der Waals surface area contributed by atoms with Crippen molar-refractivity contribution in [1.82, 2.24) is 25.4 Å². The molecule has 186 valence electrons. The van der Waals surface area contributed by atoms with Crippen LogP contribution in [0.25, 0.3) is 22.3 Å². The van der Waals surface area contributed by atoms with Gasteiger partial charge >= 0.3 is 0 Å². The third-order valence-corrected chi connectivity index (χ3v) is 6.53. The summed E-state index contributed by atoms with van der Waals surface area (Å²) < 4.78 is 10.6. The number of carbonyl (C=O) groups excluding carboxylic acids is 1. The van der Waals surface area contributed by atoms with Crippen molar-refractivity contribution in [3.63, 3.8) is 0 Å². The lowest BCUT2D eigenvalue weighted by atomic mass is 10.1. The maximum atomic E-state index is 13.0. The maximum absolute atomic E-state index is 13.0. The van der Waals surface area contributed by atoms with E-state index in [9.17, 15) is 4.79 Å². The van der Waals surface area contributed by atoms with Crippen molar-refractivity contribution in [3.8, 4) is 17.1 Å². The summed E-state index contributed by atoms with van der Waals surface area (Å²) in [4.78, 5) is 28.4. The second-order valence-corrected chi connectivity index (χ2v) is 8.91. The molecule has 0 spiro atoms. The zero-order chi connectivity index (χ0) is 24.7. The van der Waals surface area contributed by atoms with Crippen molar-refractivity contribution in [1.29, 1.82) is 0 Å². The monoisotopic (exact) mass is 486 g/mol. The van der Waals surface area contributed by atoms with Gasteiger partial charge in [-0.3, -0.25) is 4.79 Å². The first-order valence-electron chi connectivity index (χ1n) is 12.4. The number of ether oxygens (including phenoxy) is 1. The van der Waals surface area contributed by atoms with Gasteiger partial charge < -0.3 is 19.5 Å². The number of anilines is 1. The molecule has 1 fully saturated rings. The summed E-state index contributed by atoms with van der Waals surface area (Å²) in [6, 6.07) is 15.3. The molecular formula is C27H30N6O3. The van der Waals surface area contributed by atoms with Crippen molar-refractivity contribution < 1.29 is 14.1 Å². The lowest BCUT2D eigenvalue weighted by Crippen LogP contribution is -2.44. The quantitative estimate of drug-likeness (QED) is 0.333. The Kier molecular flexibility index (Phi) is 7.35. The number of nitrogens with zero attached hydrogens (tertiary/aromatic N) is 5. The number of aryl methyl sites for hydroxylation is 1. The predicted octanol–water partition coefficient (Wildman–Crippen LogP) is 4.19. The highest BCUT2D eigenvalue weighted by molar-refractivity contribution is 5.93. The highest BCUT2D eigenvalue weighted by Gasteiger charge is 2.32. The maximum Gasteiger partial charge on any atom is 0.242 e. The number of benzene rings is 2. The van der Waals surface area contributed by atoms with Gasteiger partial charge in [-0.05, 0) is 62.1 Å². The molecule has 0 radical (unpaired) electrons. The van der Waals surface area contributed by atoms with Gasteiger partial charge in [-0.1, -0.05) is 23.7 Å². The first kappa shape index (κ1) is 23.7. The second kappa shape index (κ2) is 11.2. The number of hydrogen-bond acceptors (Lipinski definition) is 8. The summed E-state index contributed by atoms with van der Waals surface area (Å²) in [7, 11) is 1.64. The summed E-state index contributed by atoms with van der Waals surface area (Å²) >= 11 is 0. The van der Waals surface area contributed by atoms with Gasteiger partial charge in [0.2, 0.25) is 17.6 Å². The Labute approximate surface area is 209 Å². The van der Waals surface area contributed by atoms with Crippen LogP contribution in [0.1, 0.15) is 38.0 Å². The smallest absolute Gasteiger partial charge is 0.242 e. The standard InChI is InChI=1S/C27H30N6O3/c1-35-20-14-12-19(13-15-20)25-31-24(36-32-25)11-3-2-6-16-28-27(34)23-10-7-17-33(23)26-21-8-4-5-9-22(21)29-18-30-26/h4-5,8-9,12-15,18,23H,2-3,6-7,10-11,16-17H2,1H3,(H,28,34)/t23-/m0/s1. The molecule has 1 saturated heterocycles. The summed E-state index contributed by atoms with van der Waals surface area (Å²) in [5.41, 5.74) is 1.79. The minimum atomic E-state index is -0.196. The molecule has 0 bridgehead atoms. The van der Waals surface area contributed by atoms with Gasteiger partial charge in [0.05, 0.1) is 12.6 Å². The van der Waals surface area contributed by atoms with Gasteiger partial charge in [-0.2, -0.15) is 4.98 Å². The molecule has 3 heterocycles. The molecule has 1 aliphatic heterocycles. The number of hydrogen-bond donors (Lipinski definition) is 1. The zero-order valence-corrected chi connectivity index (χ0v) is 20.4. The van der Waals surface area contributed by atoms with Crippen LogP contribution in [0.4, 0.5) is 5.82 Å². The van der Waals surface area contributed by atoms with E-state index in [0.29, 0.717) is 24.7 Å². The Morgan fingerprint density at radius 3 is 2.83 bits per heavy atom. The van der Waals surface area contributed by atoms with E-state index >= 15 is 0 Å². The number of rotatable bonds is 10. The fraction of sp³-hybridized carbons (Fsp3) is 0.370. The minimum absolute atomic E-state index is 0.0660. The number of methoxy groups -OCH3 is 1. The third kappa shape index (κ3) is 5.30. The average Bonchev–Trinajstić information content (AvgIpc) is 3.60. The highest BCUT2D eigenvalue weighted by Crippen LogP contribution is 2.29. The highest BCUT2D eigenvalue weighted by atomic mass is 16.5. The summed E-state index contributed by atoms with van der Waals surface area (Å²) in [6.07, 6.45) is 6.88. The zero-order valence-electron chi connectivity index (χ0n) is 20.4. The third-order valence-electron chi connectivity index (χ3n) is 6.53. The van der Waals surface area contributed by atoms with E-state index < -0.39 is 0 Å². The largest absolute Gasteiger partial charge is 0.497 e. The molecule has 4 aromatic rings. The predicted molar refractivity (Wildman–Crippen MR) is 137 cm³/mol. The molecule has 9 heteroatoms. The number of fused-ring (bicyclic) bond motifs is 1. The average molecular weight is 487 g/mol. The molecule has 0 unspecified atom stereocenters. The van der Waals surface area contributed by atoms with E-state index in [4.69, 9.17) is 9.26 Å². The molecule has 5 rings (SSSR count). The van der Waals surface area contributed by atoms with Crippen molar-refractivity contribution in [2.24, 2.45) is 0 Å². The van der Waals surface area contributed by atoms with E-state index in [1.165, 1.54) is 0 Å². The van der Waals surface area contributed by atoms with Crippen LogP contribution in [-0.4, -0.2) is 52.3 Å². The van der Waals surface area contributed by atoms with Crippen LogP contribution in [0.15, 0.2) is 59.4 Å². The van der Waals surface area contributed by atoms with Crippen LogP contribution >= 0.6 is 0 Å². The minimum Gasteiger partial charge on any atom is -0.497 e. The van der Waals surface area contributed by atoms with Gasteiger partial charge in [0.1, 0.15) is 23.9 Å². The van der Waals surface area contributed by atoms with Crippen LogP contribution in [0.2, 0.25) is 0 Å². The Hall–Kier alpha value is -4.01. The van der Waals surface area contributed by atoms with Gasteiger partial charge in [-0.25, -0.2) is 9.97 Å². The normalized spacial score (nSPS) is 15.4. The molecule has 2 aromatic carbocycles. The van der Waals surface area contributed by atoms with Crippen molar-refractivity contribution in [2.75, 3.05) is 25.1 Å². The molecule has 1 amide bonds. The van der Waals surface area contributed by atoms with Crippen molar-refractivity contribution in [3.05, 3.63) is 60.7 Å². The topological polar surface area (TPSA) is 106 Å². The molecule has 1 atom stereocenters. The van der Waals surface area contributed by atoms with Crippen LogP contribution in [0.5, 0.6) is 5.75 Å². The van der Waals surface area contributed by atoms with Gasteiger partial charge in [0, 0.05) is 30.5 Å². The summed E-state index contributed by atoms with van der Waals surface area (Å²) in [5, 5.41) is 8.18. The van der Waals surface area contributed by atoms with Crippen molar-refractivity contribution >= 4 is 22.6 Å². The van der Waals surface area contributed by atoms with Crippen LogP contribution < -0.4 is 15.0 Å². The Bertz CT molecular complexity index is 1300. The Balaban J connectivity index is 1.06. The van der Waals surface area contributed by atoms with Crippen LogP contribution in [0.3, 0.4) is 0 Å². The number of amides is 1. The molecule has 2 aromatic heterocycles. The molecule has 36 heavy (non-hydrogen) atoms. The van der Waals surface area contributed by atoms with Gasteiger partial charge in [0.25, 0.3) is 0 Å². The molecule has 0 aliphatic carbocycles. The fourth-order valence-corrected chi connectivity index (χ4v) is 4.63. The Morgan fingerprint density at radius 2 is 1.97 bits per heavy atom. The molecule has 1 N–H and O–H groups in total. The molecule has 9 nitrogen and oxygen atoms in total. The summed E-state index contributed by atoms with van der Waals surface area (Å²) in [6.45, 7) is 1.47. The SMILES string of the molecule is COc1ccc(-c2noc(CCCCCNC(=O)[C@@H]3CCCN3c3ncnc4ccccc34)n2)cc1. The van der Waals surface area contributed by atoms with E-state index in [1.54, 1.807) is 13.4 Å². The van der Waals surface area contributed by atoms with E-state index in [1.807, 2.05) is 48.5 Å². The Morgan fingerprint density at radius 1 is 1.11 bits per heavy atom. The molecule has 1 aliphatic rings. The first-order chi connectivity index (χ1) is 17.7. The lowest BCUT2D eigenvalue weighted by Gasteiger charge is -2.25. The number of carbonyl (C=O) groups is 1.